The summed E-state index contributed by atoms with van der Waals surface area (Å²) in [6, 6.07) is 4.62. The first-order chi connectivity index (χ1) is 9.00. The molecule has 3 nitrogen and oxygen atoms in total. The molecule has 1 aliphatic carbocycles. The number of nitrogens with two attached hydrogens (primary N) is 1. The van der Waals surface area contributed by atoms with Crippen molar-refractivity contribution in [3.63, 3.8) is 0 Å². The summed E-state index contributed by atoms with van der Waals surface area (Å²) in [4.78, 5) is 12.0. The fourth-order valence-electron chi connectivity index (χ4n) is 2.59. The highest BCUT2D eigenvalue weighted by molar-refractivity contribution is 5.94. The van der Waals surface area contributed by atoms with E-state index in [1.54, 1.807) is 13.0 Å². The Labute approximate surface area is 113 Å². The molecule has 0 bridgehead atoms. The number of hydrogen-bond acceptors (Lipinski definition) is 2. The fraction of sp³-hybridized carbons (Fsp3) is 0.533. The highest BCUT2D eigenvalue weighted by atomic mass is 19.1. The number of rotatable bonds is 3. The first-order valence-electron chi connectivity index (χ1n) is 6.83. The quantitative estimate of drug-likeness (QED) is 0.881. The van der Waals surface area contributed by atoms with Crippen molar-refractivity contribution in [3.8, 4) is 0 Å². The molecule has 0 unspecified atom stereocenters. The van der Waals surface area contributed by atoms with E-state index in [0.29, 0.717) is 6.54 Å². The van der Waals surface area contributed by atoms with Crippen molar-refractivity contribution in [3.05, 3.63) is 35.1 Å². The van der Waals surface area contributed by atoms with Gasteiger partial charge in [-0.1, -0.05) is 25.3 Å². The fourth-order valence-corrected chi connectivity index (χ4v) is 2.59. The van der Waals surface area contributed by atoms with Gasteiger partial charge in [-0.25, -0.2) is 4.39 Å². The largest absolute Gasteiger partial charge is 0.350 e. The van der Waals surface area contributed by atoms with E-state index in [0.717, 1.165) is 31.2 Å². The molecule has 4 heteroatoms. The van der Waals surface area contributed by atoms with E-state index in [2.05, 4.69) is 5.32 Å². The van der Waals surface area contributed by atoms with Gasteiger partial charge in [-0.15, -0.1) is 0 Å². The van der Waals surface area contributed by atoms with Crippen LogP contribution in [0.2, 0.25) is 0 Å². The third kappa shape index (κ3) is 3.53. The average Bonchev–Trinajstić information content (AvgIpc) is 2.37. The van der Waals surface area contributed by atoms with E-state index < -0.39 is 5.82 Å². The lowest BCUT2D eigenvalue weighted by Gasteiger charge is -2.33. The molecule has 1 aromatic rings. The standard InChI is InChI=1S/C15H21FN2O/c1-11-5-6-12(13(16)9-11)14(19)18-10-15(17)7-3-2-4-8-15/h5-6,9H,2-4,7-8,10,17H2,1H3,(H,18,19). The van der Waals surface area contributed by atoms with Gasteiger partial charge >= 0.3 is 0 Å². The van der Waals surface area contributed by atoms with E-state index in [9.17, 15) is 9.18 Å². The van der Waals surface area contributed by atoms with Crippen molar-refractivity contribution in [2.75, 3.05) is 6.54 Å². The second-order valence-electron chi connectivity index (χ2n) is 5.59. The van der Waals surface area contributed by atoms with Crippen molar-refractivity contribution in [2.45, 2.75) is 44.6 Å². The van der Waals surface area contributed by atoms with Crippen LogP contribution in [0.1, 0.15) is 48.0 Å². The van der Waals surface area contributed by atoms with E-state index in [1.165, 1.54) is 18.6 Å². The smallest absolute Gasteiger partial charge is 0.254 e. The molecule has 0 aliphatic heterocycles. The van der Waals surface area contributed by atoms with Crippen molar-refractivity contribution in [2.24, 2.45) is 5.73 Å². The van der Waals surface area contributed by atoms with Crippen LogP contribution >= 0.6 is 0 Å². The van der Waals surface area contributed by atoms with Gasteiger partial charge in [0, 0.05) is 12.1 Å². The molecule has 19 heavy (non-hydrogen) atoms. The predicted octanol–water partition coefficient (Wildman–Crippen LogP) is 2.53. The average molecular weight is 264 g/mol. The van der Waals surface area contributed by atoms with Gasteiger partial charge in [-0.3, -0.25) is 4.79 Å². The van der Waals surface area contributed by atoms with Crippen LogP contribution in [0.3, 0.4) is 0 Å². The maximum Gasteiger partial charge on any atom is 0.254 e. The number of amides is 1. The normalized spacial score (nSPS) is 18.1. The van der Waals surface area contributed by atoms with Gasteiger partial charge in [0.05, 0.1) is 5.56 Å². The number of hydrogen-bond donors (Lipinski definition) is 2. The minimum atomic E-state index is -0.479. The highest BCUT2D eigenvalue weighted by Crippen LogP contribution is 2.25. The van der Waals surface area contributed by atoms with Gasteiger partial charge in [0.15, 0.2) is 0 Å². The van der Waals surface area contributed by atoms with Gasteiger partial charge in [-0.2, -0.15) is 0 Å². The summed E-state index contributed by atoms with van der Waals surface area (Å²) < 4.78 is 13.7. The zero-order valence-corrected chi connectivity index (χ0v) is 11.3. The summed E-state index contributed by atoms with van der Waals surface area (Å²) in [5.74, 6) is -0.861. The van der Waals surface area contributed by atoms with Crippen molar-refractivity contribution >= 4 is 5.91 Å². The van der Waals surface area contributed by atoms with Gasteiger partial charge in [0.1, 0.15) is 5.82 Å². The van der Waals surface area contributed by atoms with Crippen molar-refractivity contribution in [1.82, 2.24) is 5.32 Å². The summed E-state index contributed by atoms with van der Waals surface area (Å²) in [7, 11) is 0. The van der Waals surface area contributed by atoms with E-state index >= 15 is 0 Å². The molecular formula is C15H21FN2O. The molecular weight excluding hydrogens is 243 g/mol. The van der Waals surface area contributed by atoms with Crippen LogP contribution in [0.25, 0.3) is 0 Å². The lowest BCUT2D eigenvalue weighted by molar-refractivity contribution is 0.0933. The maximum absolute atomic E-state index is 13.7. The Hall–Kier alpha value is -1.42. The Kier molecular flexibility index (Phi) is 4.20. The van der Waals surface area contributed by atoms with E-state index in [-0.39, 0.29) is 17.0 Å². The van der Waals surface area contributed by atoms with Gasteiger partial charge < -0.3 is 11.1 Å². The van der Waals surface area contributed by atoms with Crippen LogP contribution in [0, 0.1) is 12.7 Å². The summed E-state index contributed by atoms with van der Waals surface area (Å²) in [6.45, 7) is 2.21. The predicted molar refractivity (Wildman–Crippen MR) is 73.5 cm³/mol. The summed E-state index contributed by atoms with van der Waals surface area (Å²) in [5, 5.41) is 2.77. The van der Waals surface area contributed by atoms with E-state index in [4.69, 9.17) is 5.73 Å². The molecule has 1 aromatic carbocycles. The van der Waals surface area contributed by atoms with Crippen LogP contribution in [-0.2, 0) is 0 Å². The number of carbonyl (C=O) groups excluding carboxylic acids is 1. The third-order valence-electron chi connectivity index (χ3n) is 3.82. The van der Waals surface area contributed by atoms with Crippen LogP contribution in [-0.4, -0.2) is 18.0 Å². The van der Waals surface area contributed by atoms with E-state index in [1.807, 2.05) is 0 Å². The highest BCUT2D eigenvalue weighted by Gasteiger charge is 2.28. The second-order valence-corrected chi connectivity index (χ2v) is 5.59. The zero-order chi connectivity index (χ0) is 13.9. The zero-order valence-electron chi connectivity index (χ0n) is 11.3. The van der Waals surface area contributed by atoms with Gasteiger partial charge in [0.2, 0.25) is 0 Å². The second kappa shape index (κ2) is 5.70. The van der Waals surface area contributed by atoms with Crippen LogP contribution < -0.4 is 11.1 Å². The number of aryl methyl sites for hydroxylation is 1. The molecule has 0 spiro atoms. The summed E-state index contributed by atoms with van der Waals surface area (Å²) in [6.07, 6.45) is 5.25. The number of halogens is 1. The molecule has 104 valence electrons. The molecule has 1 aliphatic rings. The topological polar surface area (TPSA) is 55.1 Å². The Balaban J connectivity index is 1.97. The number of nitrogens with one attached hydrogen (secondary N) is 1. The molecule has 0 radical (unpaired) electrons. The Bertz CT molecular complexity index is 467. The molecule has 0 saturated heterocycles. The third-order valence-corrected chi connectivity index (χ3v) is 3.82. The molecule has 1 fully saturated rings. The minimum absolute atomic E-state index is 0.0880. The van der Waals surface area contributed by atoms with Gasteiger partial charge in [0.25, 0.3) is 5.91 Å². The summed E-state index contributed by atoms with van der Waals surface area (Å²) >= 11 is 0. The maximum atomic E-state index is 13.7. The molecule has 0 atom stereocenters. The molecule has 1 saturated carbocycles. The molecule has 2 rings (SSSR count). The van der Waals surface area contributed by atoms with Crippen LogP contribution in [0.4, 0.5) is 4.39 Å². The molecule has 0 aromatic heterocycles. The van der Waals surface area contributed by atoms with Crippen LogP contribution in [0.5, 0.6) is 0 Å². The number of carbonyl (C=O) groups is 1. The first-order valence-corrected chi connectivity index (χ1v) is 6.83. The first kappa shape index (κ1) is 14.0. The molecule has 3 N–H and O–H groups in total. The van der Waals surface area contributed by atoms with Crippen molar-refractivity contribution in [1.29, 1.82) is 0 Å². The monoisotopic (exact) mass is 264 g/mol. The molecule has 0 heterocycles. The lowest BCUT2D eigenvalue weighted by Crippen LogP contribution is -2.51. The summed E-state index contributed by atoms with van der Waals surface area (Å²) in [5.41, 5.74) is 6.81. The lowest BCUT2D eigenvalue weighted by atomic mass is 9.82. The Morgan fingerprint density at radius 1 is 1.37 bits per heavy atom. The van der Waals surface area contributed by atoms with Crippen molar-refractivity contribution < 1.29 is 9.18 Å². The SMILES string of the molecule is Cc1ccc(C(=O)NCC2(N)CCCCC2)c(F)c1. The van der Waals surface area contributed by atoms with Gasteiger partial charge in [-0.05, 0) is 37.5 Å². The minimum Gasteiger partial charge on any atom is -0.350 e. The Morgan fingerprint density at radius 2 is 2.05 bits per heavy atom. The molecule has 1 amide bonds. The van der Waals surface area contributed by atoms with Crippen LogP contribution in [0.15, 0.2) is 18.2 Å². The Morgan fingerprint density at radius 3 is 2.68 bits per heavy atom. The number of benzene rings is 1.